The van der Waals surface area contributed by atoms with Crippen LogP contribution in [0.2, 0.25) is 0 Å². The van der Waals surface area contributed by atoms with Gasteiger partial charge in [0, 0.05) is 0 Å². The highest BCUT2D eigenvalue weighted by Crippen LogP contribution is 1.57. The van der Waals surface area contributed by atoms with Crippen LogP contribution < -0.4 is 0 Å². The van der Waals surface area contributed by atoms with Gasteiger partial charge in [-0.15, -0.1) is 0 Å². The molecule has 0 bridgehead atoms. The van der Waals surface area contributed by atoms with Crippen molar-refractivity contribution in [1.29, 1.82) is 0 Å². The van der Waals surface area contributed by atoms with E-state index in [0.29, 0.717) is 0 Å². The minimum absolute atomic E-state index is 0. The van der Waals surface area contributed by atoms with E-state index < -0.39 is 0 Å². The molecule has 0 aliphatic carbocycles. The maximum atomic E-state index is 2.12. The zero-order chi connectivity index (χ0) is 13.5. The maximum absolute atomic E-state index is 2.12. The van der Waals surface area contributed by atoms with Crippen molar-refractivity contribution in [2.75, 3.05) is 0 Å². The van der Waals surface area contributed by atoms with Gasteiger partial charge in [0.25, 0.3) is 0 Å². The van der Waals surface area contributed by atoms with Crippen molar-refractivity contribution >= 4 is 0 Å². The highest BCUT2D eigenvalue weighted by molar-refractivity contribution is 3.93. The van der Waals surface area contributed by atoms with Gasteiger partial charge in [-0.05, 0) is 0 Å². The van der Waals surface area contributed by atoms with Crippen LogP contribution in [0.3, 0.4) is 0 Å². The summed E-state index contributed by atoms with van der Waals surface area (Å²) in [5, 5.41) is 0. The van der Waals surface area contributed by atoms with Crippen molar-refractivity contribution in [2.45, 2.75) is 131 Å². The van der Waals surface area contributed by atoms with Gasteiger partial charge in [-0.1, -0.05) is 131 Å². The summed E-state index contributed by atoms with van der Waals surface area (Å²) >= 11 is 0. The summed E-state index contributed by atoms with van der Waals surface area (Å²) in [5.41, 5.74) is 0. The van der Waals surface area contributed by atoms with Gasteiger partial charge >= 0.3 is 0 Å². The summed E-state index contributed by atoms with van der Waals surface area (Å²) < 4.78 is 0. The predicted octanol–water partition coefficient (Wildman–Crippen LogP) is 9.63. The van der Waals surface area contributed by atoms with Crippen molar-refractivity contribution in [3.05, 3.63) is 0 Å². The lowest BCUT2D eigenvalue weighted by atomic mass is 10.6. The summed E-state index contributed by atoms with van der Waals surface area (Å²) in [6.07, 6.45) is 6.25. The quantitative estimate of drug-likeness (QED) is 0.415. The highest BCUT2D eigenvalue weighted by atomic mass is 13.4. The monoisotopic (exact) mass is 284 g/mol. The molecule has 0 N–H and O–H groups in total. The van der Waals surface area contributed by atoms with Crippen LogP contribution in [0.5, 0.6) is 0 Å². The van der Waals surface area contributed by atoms with Gasteiger partial charge in [0.15, 0.2) is 0 Å². The molecule has 0 heteroatoms. The highest BCUT2D eigenvalue weighted by Gasteiger charge is 1.36. The molecule has 0 radical (unpaired) electrons. The first kappa shape index (κ1) is 61.6. The first-order valence-electron chi connectivity index (χ1n) is 7.07. The fourth-order valence-electron chi connectivity index (χ4n) is 0. The lowest BCUT2D eigenvalue weighted by Gasteiger charge is -1.48. The Balaban J connectivity index is -0.00000000893. The predicted molar refractivity (Wildman–Crippen MR) is 107 cm³/mol. The lowest BCUT2D eigenvalue weighted by molar-refractivity contribution is 1.09. The van der Waals surface area contributed by atoms with Crippen LogP contribution in [0, 0.1) is 0 Å². The molecule has 0 atom stereocenters. The minimum Gasteiger partial charge on any atom is -0.0776 e. The molecule has 0 saturated carbocycles. The summed E-state index contributed by atoms with van der Waals surface area (Å²) in [4.78, 5) is 0. The number of rotatable bonds is 0. The second-order valence-electron chi connectivity index (χ2n) is 3.54. The largest absolute Gasteiger partial charge is 0.0776 e. The van der Waals surface area contributed by atoms with Crippen molar-refractivity contribution in [2.24, 2.45) is 0 Å². The Hall–Kier alpha value is 0. The van der Waals surface area contributed by atoms with Crippen LogP contribution in [0.25, 0.3) is 0 Å². The van der Waals surface area contributed by atoms with Gasteiger partial charge in [0.2, 0.25) is 0 Å². The molecular weight excluding hydrogens is 228 g/mol. The fraction of sp³-hybridized carbons (Fsp3) is 1.00. The zero-order valence-corrected chi connectivity index (χ0v) is 13.5. The van der Waals surface area contributed by atoms with E-state index in [-0.39, 0.29) is 29.7 Å². The molecule has 0 aromatic heterocycles. The lowest BCUT2D eigenvalue weighted by Crippen LogP contribution is -1.27. The van der Waals surface area contributed by atoms with Crippen LogP contribution >= 0.6 is 0 Å². The van der Waals surface area contributed by atoms with Crippen molar-refractivity contribution < 1.29 is 0 Å². The van der Waals surface area contributed by atoms with Crippen LogP contribution in [0.15, 0.2) is 0 Å². The standard InChI is InChI=1S/5C3H8.4CH4/c5*1-3-2;;;;/h5*3H2,1-2H3;4*1H4. The second kappa shape index (κ2) is 208. The Morgan fingerprint density at radius 2 is 0.263 bits per heavy atom. The fourth-order valence-corrected chi connectivity index (χ4v) is 0. The third-order valence-corrected chi connectivity index (χ3v) is 0. The summed E-state index contributed by atoms with van der Waals surface area (Å²) in [7, 11) is 0. The number of hydrogen-bond acceptors (Lipinski definition) is 0. The number of hydrogen-bond donors (Lipinski definition) is 0. The van der Waals surface area contributed by atoms with Crippen LogP contribution in [-0.2, 0) is 0 Å². The van der Waals surface area contributed by atoms with Crippen LogP contribution in [0.1, 0.15) is 131 Å². The van der Waals surface area contributed by atoms with Gasteiger partial charge in [-0.2, -0.15) is 0 Å². The molecule has 0 nitrogen and oxygen atoms in total. The Labute approximate surface area is 131 Å². The van der Waals surface area contributed by atoms with E-state index in [1.54, 1.807) is 0 Å². The van der Waals surface area contributed by atoms with E-state index in [4.69, 9.17) is 0 Å². The third kappa shape index (κ3) is 0. The smallest absolute Gasteiger partial charge is 0.0590 e. The molecule has 0 aliphatic heterocycles. The Morgan fingerprint density at radius 3 is 0.263 bits per heavy atom. The van der Waals surface area contributed by atoms with Crippen LogP contribution in [0.4, 0.5) is 0 Å². The van der Waals surface area contributed by atoms with Gasteiger partial charge in [-0.25, -0.2) is 0 Å². The van der Waals surface area contributed by atoms with E-state index in [1.807, 2.05) is 0 Å². The maximum Gasteiger partial charge on any atom is -0.0590 e. The van der Waals surface area contributed by atoms with E-state index in [2.05, 4.69) is 69.2 Å². The first-order chi connectivity index (χ1) is 7.07. The molecule has 0 rings (SSSR count). The second-order valence-corrected chi connectivity index (χ2v) is 3.54. The normalized spacial score (nSPS) is 4.74. The summed E-state index contributed by atoms with van der Waals surface area (Å²) in [6.45, 7) is 21.2. The van der Waals surface area contributed by atoms with Crippen molar-refractivity contribution in [3.63, 3.8) is 0 Å². The first-order valence-corrected chi connectivity index (χ1v) is 7.07. The van der Waals surface area contributed by atoms with Crippen molar-refractivity contribution in [1.82, 2.24) is 0 Å². The average Bonchev–Trinajstić information content (AvgIpc) is 2.09. The summed E-state index contributed by atoms with van der Waals surface area (Å²) in [6, 6.07) is 0. The Bertz CT molecular complexity index is 11.6. The topological polar surface area (TPSA) is 0 Å². The zero-order valence-electron chi connectivity index (χ0n) is 13.5. The van der Waals surface area contributed by atoms with Gasteiger partial charge in [-0.3, -0.25) is 0 Å². The Morgan fingerprint density at radius 1 is 0.263 bits per heavy atom. The molecule has 19 heavy (non-hydrogen) atoms. The molecule has 0 amide bonds. The summed E-state index contributed by atoms with van der Waals surface area (Å²) in [5.74, 6) is 0. The van der Waals surface area contributed by atoms with E-state index >= 15 is 0 Å². The van der Waals surface area contributed by atoms with E-state index in [9.17, 15) is 0 Å². The molecule has 0 aliphatic rings. The van der Waals surface area contributed by atoms with Crippen LogP contribution in [-0.4, -0.2) is 0 Å². The van der Waals surface area contributed by atoms with Gasteiger partial charge < -0.3 is 0 Å². The molecule has 0 unspecified atom stereocenters. The molecule has 0 aromatic carbocycles. The molecule has 0 heterocycles. The molecule has 0 aromatic rings. The SMILES string of the molecule is C.C.C.C.CCC.CCC.CCC.CCC.CCC. The molecule has 132 valence electrons. The van der Waals surface area contributed by atoms with Crippen molar-refractivity contribution in [3.8, 4) is 0 Å². The van der Waals surface area contributed by atoms with Gasteiger partial charge in [0.1, 0.15) is 0 Å². The average molecular weight is 285 g/mol. The molecular formula is C19H56. The third-order valence-electron chi connectivity index (χ3n) is 0. The molecule has 0 spiro atoms. The van der Waals surface area contributed by atoms with E-state index in [0.717, 1.165) is 0 Å². The molecule has 0 fully saturated rings. The van der Waals surface area contributed by atoms with Gasteiger partial charge in [0.05, 0.1) is 0 Å². The molecule has 0 saturated heterocycles. The Kier molecular flexibility index (Phi) is 674. The minimum atomic E-state index is 0. The van der Waals surface area contributed by atoms with E-state index in [1.165, 1.54) is 32.1 Å².